The molecule has 0 aromatic carbocycles. The van der Waals surface area contributed by atoms with Gasteiger partial charge in [0, 0.05) is 71.4 Å². The van der Waals surface area contributed by atoms with Crippen molar-refractivity contribution >= 4 is 105 Å². The summed E-state index contributed by atoms with van der Waals surface area (Å²) in [7, 11) is 12.6. The molecule has 8 N–H and O–H groups in total. The van der Waals surface area contributed by atoms with Gasteiger partial charge in [0.1, 0.15) is 48.2 Å². The van der Waals surface area contributed by atoms with E-state index in [4.69, 9.17) is 19.7 Å². The lowest BCUT2D eigenvalue weighted by molar-refractivity contribution is -0.144. The maximum atomic E-state index is 13.9. The first-order chi connectivity index (χ1) is 32.1. The van der Waals surface area contributed by atoms with Gasteiger partial charge in [-0.15, -0.1) is 0 Å². The number of likely N-dealkylation sites (N-methyl/N-ethyl adjacent to an activating group) is 6. The van der Waals surface area contributed by atoms with Crippen LogP contribution in [0.5, 0.6) is 0 Å². The lowest BCUT2D eigenvalue weighted by atomic mass is 10.2. The first-order valence-corrected chi connectivity index (χ1v) is 26.6. The molecule has 6 atom stereocenters. The second-order valence-corrected chi connectivity index (χ2v) is 21.3. The van der Waals surface area contributed by atoms with Crippen LogP contribution in [0, 0.1) is 0 Å². The van der Waals surface area contributed by atoms with Gasteiger partial charge in [-0.2, -0.15) is 23.5 Å². The number of carbonyl (C=O) groups is 10. The zero-order chi connectivity index (χ0) is 53.8. The van der Waals surface area contributed by atoms with Crippen LogP contribution in [0.3, 0.4) is 0 Å². The second kappa shape index (κ2) is 34.2. The Balaban J connectivity index is 0. The van der Waals surface area contributed by atoms with Crippen LogP contribution in [0.1, 0.15) is 41.5 Å². The molecule has 0 bridgehead atoms. The third kappa shape index (κ3) is 26.5. The summed E-state index contributed by atoms with van der Waals surface area (Å²) in [6.45, 7) is 8.06. The topological polar surface area (TPSA) is 315 Å². The van der Waals surface area contributed by atoms with E-state index in [1.54, 1.807) is 68.1 Å². The molecular weight excluding hydrogens is 985 g/mol. The Morgan fingerprint density at radius 2 is 0.928 bits per heavy atom. The number of hydrogen-bond donors (Lipinski definition) is 8. The van der Waals surface area contributed by atoms with E-state index < -0.39 is 108 Å². The van der Waals surface area contributed by atoms with Crippen LogP contribution in [0.4, 0.5) is 9.59 Å². The molecule has 0 aliphatic heterocycles. The van der Waals surface area contributed by atoms with E-state index in [2.05, 4.69) is 31.9 Å². The van der Waals surface area contributed by atoms with Gasteiger partial charge in [-0.25, -0.2) is 9.59 Å². The number of rotatable bonds is 29. The largest absolute Gasteiger partial charge is 0.480 e. The van der Waals surface area contributed by atoms with E-state index >= 15 is 0 Å². The van der Waals surface area contributed by atoms with Gasteiger partial charge < -0.3 is 76.0 Å². The summed E-state index contributed by atoms with van der Waals surface area (Å²) in [5.74, 6) is -3.99. The maximum absolute atomic E-state index is 13.9. The summed E-state index contributed by atoms with van der Waals surface area (Å²) in [5, 5.41) is 31.4. The molecule has 0 aromatic heterocycles. The Labute approximate surface area is 422 Å². The van der Waals surface area contributed by atoms with Crippen molar-refractivity contribution in [3.05, 3.63) is 0 Å². The minimum Gasteiger partial charge on any atom is -0.480 e. The van der Waals surface area contributed by atoms with Crippen molar-refractivity contribution in [2.24, 2.45) is 0 Å². The van der Waals surface area contributed by atoms with Crippen molar-refractivity contribution in [2.75, 3.05) is 111 Å². The Morgan fingerprint density at radius 1 is 0.580 bits per heavy atom. The molecule has 24 nitrogen and oxygen atoms in total. The predicted molar refractivity (Wildman–Crippen MR) is 270 cm³/mol. The number of amides is 8. The van der Waals surface area contributed by atoms with Crippen molar-refractivity contribution in [1.82, 2.24) is 51.5 Å². The molecule has 0 saturated heterocycles. The number of aliphatic carboxylic acids is 1. The summed E-state index contributed by atoms with van der Waals surface area (Å²) < 4.78 is 10.5. The molecule has 28 heteroatoms. The average Bonchev–Trinajstić information content (AvgIpc) is 3.27. The Hall–Kier alpha value is -4.22. The van der Waals surface area contributed by atoms with Crippen molar-refractivity contribution in [3.8, 4) is 0 Å². The molecule has 0 rings (SSSR count). The standard InChI is InChI=1S/C40H72N10O13S4.CH4O/c1-39(2,3)62-37(60)45-24(31(54)43-15-16-51)18-47(9)35(58)28(22-64-13)49(11)33(56)26(41-7)20-66-67-21-27(42-8)34(57)50(12)29(23-65-14)36(59)48(10)19-25(32(55)44-17-30(52)53)46-38(61)63-40(4,5)6;1-2/h16,24-29,41-42H,15,17-23H2,1-14H3,(H,43,54)(H,44,55)(H,45,60)(H,46,61)(H,52,53);2H,1H3/t24-,25-,26?,27?,28+,29+;/m1./s1. The lowest BCUT2D eigenvalue weighted by Crippen LogP contribution is -2.58. The number of carboxylic acid groups (broad SMARTS) is 1. The molecule has 0 heterocycles. The molecule has 2 unspecified atom stereocenters. The van der Waals surface area contributed by atoms with E-state index in [1.165, 1.54) is 92.9 Å². The number of nitrogens with one attached hydrogen (secondary N) is 6. The van der Waals surface area contributed by atoms with Crippen molar-refractivity contribution in [2.45, 2.75) is 89.0 Å². The molecule has 0 aromatic rings. The van der Waals surface area contributed by atoms with Gasteiger partial charge in [0.15, 0.2) is 0 Å². The van der Waals surface area contributed by atoms with E-state index in [0.717, 1.165) is 7.11 Å². The third-order valence-electron chi connectivity index (χ3n) is 9.15. The summed E-state index contributed by atoms with van der Waals surface area (Å²) in [6, 6.07) is -6.22. The predicted octanol–water partition coefficient (Wildman–Crippen LogP) is -1.25. The van der Waals surface area contributed by atoms with Crippen LogP contribution < -0.4 is 31.9 Å². The highest BCUT2D eigenvalue weighted by molar-refractivity contribution is 8.76. The smallest absolute Gasteiger partial charge is 0.408 e. The van der Waals surface area contributed by atoms with Gasteiger partial charge in [-0.05, 0) is 68.1 Å². The fourth-order valence-electron chi connectivity index (χ4n) is 5.68. The fourth-order valence-corrected chi connectivity index (χ4v) is 9.52. The number of aliphatic hydroxyl groups excluding tert-OH is 1. The van der Waals surface area contributed by atoms with Crippen LogP contribution in [0.15, 0.2) is 0 Å². The summed E-state index contributed by atoms with van der Waals surface area (Å²) in [4.78, 5) is 133. The monoisotopic (exact) mass is 1060 g/mol. The minimum absolute atomic E-state index is 0.175. The average molecular weight is 1060 g/mol. The molecular formula is C41H76N10O14S4. The Kier molecular flexibility index (Phi) is 33.1. The second-order valence-electron chi connectivity index (χ2n) is 17.0. The van der Waals surface area contributed by atoms with Gasteiger partial charge in [0.25, 0.3) is 0 Å². The number of aldehydes is 1. The van der Waals surface area contributed by atoms with E-state index in [-0.39, 0.29) is 42.6 Å². The molecule has 0 spiro atoms. The third-order valence-corrected chi connectivity index (χ3v) is 12.9. The van der Waals surface area contributed by atoms with E-state index in [9.17, 15) is 47.9 Å². The quantitative estimate of drug-likeness (QED) is 0.0247. The maximum Gasteiger partial charge on any atom is 0.408 e. The van der Waals surface area contributed by atoms with E-state index in [0.29, 0.717) is 6.29 Å². The molecule has 69 heavy (non-hydrogen) atoms. The highest BCUT2D eigenvalue weighted by Gasteiger charge is 2.37. The highest BCUT2D eigenvalue weighted by atomic mass is 33.1. The van der Waals surface area contributed by atoms with Gasteiger partial charge in [-0.3, -0.25) is 33.6 Å². The zero-order valence-corrected chi connectivity index (χ0v) is 45.7. The molecule has 0 saturated carbocycles. The SMILES string of the molecule is CNC(CSSCC(NC)C(=O)N(C)[C@@H](CSC)C(=O)N(C)C[C@@H](NC(=O)OC(C)(C)C)C(=O)NCC(=O)O)C(=O)N(C)[C@@H](CSC)C(=O)N(C)C[C@@H](NC(=O)OC(C)(C)C)C(=O)NCC=O.CO. The van der Waals surface area contributed by atoms with Crippen LogP contribution in [-0.4, -0.2) is 248 Å². The highest BCUT2D eigenvalue weighted by Crippen LogP contribution is 2.25. The number of hydrogen-bond acceptors (Lipinski definition) is 19. The Bertz CT molecular complexity index is 1690. The fraction of sp³-hybridized carbons (Fsp3) is 0.756. The van der Waals surface area contributed by atoms with Gasteiger partial charge >= 0.3 is 18.2 Å². The number of thioether (sulfide) groups is 2. The summed E-state index contributed by atoms with van der Waals surface area (Å²) in [6.07, 6.45) is 2.13. The first-order valence-electron chi connectivity index (χ1n) is 21.3. The number of ether oxygens (including phenoxy) is 2. The van der Waals surface area contributed by atoms with Gasteiger partial charge in [-0.1, -0.05) is 21.6 Å². The van der Waals surface area contributed by atoms with Crippen LogP contribution in [0.2, 0.25) is 0 Å². The summed E-state index contributed by atoms with van der Waals surface area (Å²) in [5.41, 5.74) is -1.79. The first kappa shape index (κ1) is 66.9. The molecule has 398 valence electrons. The number of carbonyl (C=O) groups excluding carboxylic acids is 9. The van der Waals surface area contributed by atoms with Crippen LogP contribution in [0.25, 0.3) is 0 Å². The summed E-state index contributed by atoms with van der Waals surface area (Å²) >= 11 is 2.63. The van der Waals surface area contributed by atoms with E-state index in [1.807, 2.05) is 0 Å². The van der Waals surface area contributed by atoms with Crippen LogP contribution in [-0.2, 0) is 47.8 Å². The molecule has 8 amide bonds. The van der Waals surface area contributed by atoms with Crippen molar-refractivity contribution < 1.29 is 67.6 Å². The van der Waals surface area contributed by atoms with Gasteiger partial charge in [0.2, 0.25) is 35.4 Å². The van der Waals surface area contributed by atoms with Crippen LogP contribution >= 0.6 is 45.1 Å². The number of carboxylic acids is 1. The normalized spacial score (nSPS) is 13.7. The lowest BCUT2D eigenvalue weighted by Gasteiger charge is -2.34. The van der Waals surface area contributed by atoms with Crippen molar-refractivity contribution in [3.63, 3.8) is 0 Å². The number of aliphatic hydroxyl groups is 1. The number of alkyl carbamates (subject to hydrolysis) is 2. The molecule has 0 aliphatic carbocycles. The number of nitrogens with zero attached hydrogens (tertiary/aromatic N) is 4. The minimum atomic E-state index is -1.40. The van der Waals surface area contributed by atoms with Gasteiger partial charge in [0.05, 0.1) is 18.6 Å². The van der Waals surface area contributed by atoms with Crippen molar-refractivity contribution in [1.29, 1.82) is 0 Å². The Morgan fingerprint density at radius 3 is 1.22 bits per heavy atom. The molecule has 0 fully saturated rings. The molecule has 0 aliphatic rings. The molecule has 0 radical (unpaired) electrons. The zero-order valence-electron chi connectivity index (χ0n) is 42.4.